The molecule has 1 aliphatic rings. The minimum absolute atomic E-state index is 0.00552. The maximum absolute atomic E-state index is 13.5. The van der Waals surface area contributed by atoms with E-state index < -0.39 is 5.97 Å². The van der Waals surface area contributed by atoms with Crippen molar-refractivity contribution in [3.8, 4) is 16.9 Å². The van der Waals surface area contributed by atoms with E-state index in [0.717, 1.165) is 51.6 Å². The molecule has 1 fully saturated rings. The maximum atomic E-state index is 13.5. The Labute approximate surface area is 254 Å². The number of nitrogens with zero attached hydrogens (tertiary/aromatic N) is 1. The van der Waals surface area contributed by atoms with Crippen molar-refractivity contribution < 1.29 is 23.7 Å². The van der Waals surface area contributed by atoms with E-state index in [4.69, 9.17) is 18.9 Å². The molecule has 1 aliphatic heterocycles. The van der Waals surface area contributed by atoms with Crippen molar-refractivity contribution in [2.75, 3.05) is 20.8 Å². The van der Waals surface area contributed by atoms with E-state index in [2.05, 4.69) is 12.1 Å². The third-order valence-electron chi connectivity index (χ3n) is 7.93. The summed E-state index contributed by atoms with van der Waals surface area (Å²) >= 11 is 1.60. The lowest BCUT2D eigenvalue weighted by atomic mass is 9.98. The topological polar surface area (TPSA) is 76.0 Å². The van der Waals surface area contributed by atoms with Crippen LogP contribution in [-0.2, 0) is 27.4 Å². The van der Waals surface area contributed by atoms with Gasteiger partial charge in [-0.15, -0.1) is 0 Å². The molecule has 0 N–H and O–H groups in total. The van der Waals surface area contributed by atoms with E-state index in [1.54, 1.807) is 41.2 Å². The number of benzene rings is 3. The monoisotopic (exact) mass is 595 g/mol. The van der Waals surface area contributed by atoms with Crippen LogP contribution in [0, 0.1) is 0 Å². The minimum Gasteiger partial charge on any atom is -0.489 e. The fourth-order valence-corrected chi connectivity index (χ4v) is 6.24. The Hall–Kier alpha value is -4.24. The molecule has 6 rings (SSSR count). The first-order valence-corrected chi connectivity index (χ1v) is 15.2. The standard InChI is InChI=1S/C35H33NO6S/c1-39-28-12-14-41-33(18-28)26-5-3-4-24(16-26)21-42-29-10-11-30-31(27-13-15-43-22-27)19-34(37)36(32(30)17-29)20-23-6-8-25(9-7-23)35(38)40-2/h3-11,13,15-17,19,22,28,33H,12,14,18,20-21H2,1-2H3. The second kappa shape index (κ2) is 13.0. The van der Waals surface area contributed by atoms with E-state index in [1.165, 1.54) is 7.11 Å². The molecule has 0 radical (unpaired) electrons. The van der Waals surface area contributed by atoms with Crippen LogP contribution in [0.4, 0.5) is 0 Å². The molecule has 220 valence electrons. The first-order valence-electron chi connectivity index (χ1n) is 14.3. The normalized spacial score (nSPS) is 16.7. The number of methoxy groups -OCH3 is 2. The Morgan fingerprint density at radius 1 is 1.00 bits per heavy atom. The Morgan fingerprint density at radius 2 is 1.86 bits per heavy atom. The summed E-state index contributed by atoms with van der Waals surface area (Å²) in [5.41, 5.74) is 6.07. The smallest absolute Gasteiger partial charge is 0.337 e. The number of pyridine rings is 1. The number of hydrogen-bond acceptors (Lipinski definition) is 7. The van der Waals surface area contributed by atoms with Gasteiger partial charge in [0.2, 0.25) is 0 Å². The van der Waals surface area contributed by atoms with Gasteiger partial charge in [-0.3, -0.25) is 4.79 Å². The number of carbonyl (C=O) groups excluding carboxylic acids is 1. The lowest BCUT2D eigenvalue weighted by molar-refractivity contribution is -0.0599. The summed E-state index contributed by atoms with van der Waals surface area (Å²) in [6, 6.07) is 25.0. The molecule has 7 nitrogen and oxygen atoms in total. The quantitative estimate of drug-likeness (QED) is 0.171. The number of hydrogen-bond donors (Lipinski definition) is 0. The van der Waals surface area contributed by atoms with Gasteiger partial charge in [0.25, 0.3) is 5.56 Å². The third kappa shape index (κ3) is 6.41. The second-order valence-corrected chi connectivity index (χ2v) is 11.4. The molecule has 0 saturated carbocycles. The molecular weight excluding hydrogens is 562 g/mol. The fraction of sp³-hybridized carbons (Fsp3) is 0.257. The van der Waals surface area contributed by atoms with Crippen LogP contribution in [0.5, 0.6) is 5.75 Å². The van der Waals surface area contributed by atoms with Crippen molar-refractivity contribution in [2.24, 2.45) is 0 Å². The fourth-order valence-electron chi connectivity index (χ4n) is 5.58. The number of carbonyl (C=O) groups is 1. The molecule has 8 heteroatoms. The van der Waals surface area contributed by atoms with E-state index in [-0.39, 0.29) is 17.8 Å². The van der Waals surface area contributed by atoms with E-state index in [0.29, 0.717) is 31.1 Å². The lowest BCUT2D eigenvalue weighted by Crippen LogP contribution is -2.25. The minimum atomic E-state index is -0.396. The molecule has 0 aliphatic carbocycles. The number of fused-ring (bicyclic) bond motifs is 1. The molecule has 3 heterocycles. The van der Waals surface area contributed by atoms with Crippen LogP contribution in [0.2, 0.25) is 0 Å². The third-order valence-corrected chi connectivity index (χ3v) is 8.61. The van der Waals surface area contributed by atoms with Gasteiger partial charge in [0, 0.05) is 37.7 Å². The van der Waals surface area contributed by atoms with Gasteiger partial charge < -0.3 is 23.5 Å². The van der Waals surface area contributed by atoms with Crippen LogP contribution in [0.25, 0.3) is 22.0 Å². The highest BCUT2D eigenvalue weighted by atomic mass is 32.1. The molecule has 1 saturated heterocycles. The van der Waals surface area contributed by atoms with Crippen LogP contribution in [0.1, 0.15) is 46.0 Å². The van der Waals surface area contributed by atoms with Gasteiger partial charge in [0.15, 0.2) is 0 Å². The largest absolute Gasteiger partial charge is 0.489 e. The predicted octanol–water partition coefficient (Wildman–Crippen LogP) is 7.01. The number of esters is 1. The van der Waals surface area contributed by atoms with Crippen LogP contribution in [0.15, 0.2) is 94.4 Å². The van der Waals surface area contributed by atoms with Gasteiger partial charge in [-0.05, 0) is 81.4 Å². The summed E-state index contributed by atoms with van der Waals surface area (Å²) in [4.78, 5) is 25.4. The summed E-state index contributed by atoms with van der Waals surface area (Å²) in [5, 5.41) is 5.02. The zero-order valence-corrected chi connectivity index (χ0v) is 25.0. The average molecular weight is 596 g/mol. The van der Waals surface area contributed by atoms with Crippen molar-refractivity contribution in [1.82, 2.24) is 4.57 Å². The summed E-state index contributed by atoms with van der Waals surface area (Å²) in [6.45, 7) is 1.41. The highest BCUT2D eigenvalue weighted by Gasteiger charge is 2.24. The van der Waals surface area contributed by atoms with E-state index in [9.17, 15) is 9.59 Å². The lowest BCUT2D eigenvalue weighted by Gasteiger charge is -2.29. The Kier molecular flexibility index (Phi) is 8.69. The van der Waals surface area contributed by atoms with Gasteiger partial charge in [0.05, 0.1) is 36.9 Å². The molecular formula is C35H33NO6S. The van der Waals surface area contributed by atoms with Gasteiger partial charge in [0.1, 0.15) is 12.4 Å². The Balaban J connectivity index is 1.30. The van der Waals surface area contributed by atoms with E-state index >= 15 is 0 Å². The van der Waals surface area contributed by atoms with Crippen molar-refractivity contribution in [2.45, 2.75) is 38.2 Å². The highest BCUT2D eigenvalue weighted by Crippen LogP contribution is 2.33. The molecule has 43 heavy (non-hydrogen) atoms. The molecule has 2 atom stereocenters. The van der Waals surface area contributed by atoms with Crippen molar-refractivity contribution in [1.29, 1.82) is 0 Å². The number of ether oxygens (including phenoxy) is 4. The first-order chi connectivity index (χ1) is 21.0. The summed E-state index contributed by atoms with van der Waals surface area (Å²) < 4.78 is 24.4. The summed E-state index contributed by atoms with van der Waals surface area (Å²) in [7, 11) is 3.11. The molecule has 2 aromatic heterocycles. The highest BCUT2D eigenvalue weighted by molar-refractivity contribution is 7.08. The summed E-state index contributed by atoms with van der Waals surface area (Å²) in [5.74, 6) is 0.273. The van der Waals surface area contributed by atoms with Gasteiger partial charge in [-0.2, -0.15) is 11.3 Å². The van der Waals surface area contributed by atoms with Crippen LogP contribution >= 0.6 is 11.3 Å². The van der Waals surface area contributed by atoms with Crippen LogP contribution < -0.4 is 10.3 Å². The van der Waals surface area contributed by atoms with Crippen molar-refractivity contribution >= 4 is 28.2 Å². The Bertz CT molecular complexity index is 1780. The summed E-state index contributed by atoms with van der Waals surface area (Å²) in [6.07, 6.45) is 1.96. The predicted molar refractivity (Wildman–Crippen MR) is 168 cm³/mol. The van der Waals surface area contributed by atoms with Crippen LogP contribution in [-0.4, -0.2) is 37.5 Å². The van der Waals surface area contributed by atoms with Crippen LogP contribution in [0.3, 0.4) is 0 Å². The van der Waals surface area contributed by atoms with Gasteiger partial charge >= 0.3 is 5.97 Å². The van der Waals surface area contributed by atoms with Crippen molar-refractivity contribution in [3.05, 3.63) is 122 Å². The SMILES string of the molecule is COC(=O)c1ccc(Cn2c(=O)cc(-c3ccsc3)c3ccc(OCc4cccc(C5CC(OC)CCO5)c4)cc32)cc1. The first kappa shape index (κ1) is 28.9. The molecule has 0 bridgehead atoms. The second-order valence-electron chi connectivity index (χ2n) is 10.6. The maximum Gasteiger partial charge on any atom is 0.337 e. The zero-order chi connectivity index (χ0) is 29.8. The number of thiophene rings is 1. The number of aromatic nitrogens is 1. The van der Waals surface area contributed by atoms with E-state index in [1.807, 2.05) is 59.3 Å². The average Bonchev–Trinajstić information content (AvgIpc) is 3.60. The van der Waals surface area contributed by atoms with Crippen molar-refractivity contribution in [3.63, 3.8) is 0 Å². The molecule has 0 spiro atoms. The van der Waals surface area contributed by atoms with Gasteiger partial charge in [-0.1, -0.05) is 30.3 Å². The molecule has 3 aromatic carbocycles. The van der Waals surface area contributed by atoms with Gasteiger partial charge in [-0.25, -0.2) is 4.79 Å². The molecule has 0 amide bonds. The molecule has 2 unspecified atom stereocenters. The molecule has 5 aromatic rings. The zero-order valence-electron chi connectivity index (χ0n) is 24.2. The Morgan fingerprint density at radius 3 is 2.63 bits per heavy atom. The number of rotatable bonds is 9.